The number of para-hydroxylation sites is 1. The monoisotopic (exact) mass is 247 g/mol. The van der Waals surface area contributed by atoms with E-state index >= 15 is 0 Å². The quantitative estimate of drug-likeness (QED) is 0.797. The summed E-state index contributed by atoms with van der Waals surface area (Å²) in [6, 6.07) is 9.11. The summed E-state index contributed by atoms with van der Waals surface area (Å²) in [6.45, 7) is 8.49. The van der Waals surface area contributed by atoms with E-state index in [0.717, 1.165) is 31.4 Å². The summed E-state index contributed by atoms with van der Waals surface area (Å²) < 4.78 is 6.01. The van der Waals surface area contributed by atoms with Gasteiger partial charge in [-0.2, -0.15) is 0 Å². The van der Waals surface area contributed by atoms with Crippen LogP contribution >= 0.6 is 0 Å². The number of nitrogens with one attached hydrogen (secondary N) is 1. The van der Waals surface area contributed by atoms with Gasteiger partial charge in [-0.25, -0.2) is 0 Å². The van der Waals surface area contributed by atoms with Crippen LogP contribution in [0.4, 0.5) is 0 Å². The lowest BCUT2D eigenvalue weighted by Crippen LogP contribution is -2.35. The van der Waals surface area contributed by atoms with Crippen molar-refractivity contribution in [2.45, 2.75) is 46.1 Å². The summed E-state index contributed by atoms with van der Waals surface area (Å²) in [5.41, 5.74) is 1.48. The molecule has 0 atom stereocenters. The molecule has 0 bridgehead atoms. The van der Waals surface area contributed by atoms with Crippen molar-refractivity contribution in [3.05, 3.63) is 29.8 Å². The van der Waals surface area contributed by atoms with Crippen LogP contribution < -0.4 is 10.1 Å². The molecule has 0 heterocycles. The van der Waals surface area contributed by atoms with Crippen LogP contribution in [0.25, 0.3) is 0 Å². The summed E-state index contributed by atoms with van der Waals surface area (Å²) in [4.78, 5) is 0. The molecule has 1 aromatic rings. The molecule has 18 heavy (non-hydrogen) atoms. The standard InChI is InChI=1S/C16H25NO/c1-4-13-7-5-6-8-15(13)18-12-16(2,3)11-17-14-9-10-14/h5-8,14,17H,4,9-12H2,1-3H3. The summed E-state index contributed by atoms with van der Waals surface area (Å²) in [6.07, 6.45) is 3.71. The van der Waals surface area contributed by atoms with Crippen molar-refractivity contribution in [1.82, 2.24) is 5.32 Å². The topological polar surface area (TPSA) is 21.3 Å². The smallest absolute Gasteiger partial charge is 0.122 e. The number of hydrogen-bond acceptors (Lipinski definition) is 2. The van der Waals surface area contributed by atoms with Crippen molar-refractivity contribution in [3.63, 3.8) is 0 Å². The highest BCUT2D eigenvalue weighted by atomic mass is 16.5. The van der Waals surface area contributed by atoms with Gasteiger partial charge in [0.15, 0.2) is 0 Å². The van der Waals surface area contributed by atoms with E-state index in [-0.39, 0.29) is 5.41 Å². The number of benzene rings is 1. The van der Waals surface area contributed by atoms with Crippen molar-refractivity contribution in [3.8, 4) is 5.75 Å². The molecule has 0 radical (unpaired) electrons. The van der Waals surface area contributed by atoms with Gasteiger partial charge in [0.1, 0.15) is 5.75 Å². The zero-order valence-electron chi connectivity index (χ0n) is 11.8. The van der Waals surface area contributed by atoms with Gasteiger partial charge in [-0.1, -0.05) is 39.0 Å². The Bertz CT molecular complexity index is 382. The molecule has 1 aliphatic rings. The summed E-state index contributed by atoms with van der Waals surface area (Å²) in [7, 11) is 0. The van der Waals surface area contributed by atoms with E-state index < -0.39 is 0 Å². The van der Waals surface area contributed by atoms with Gasteiger partial charge in [0.25, 0.3) is 0 Å². The van der Waals surface area contributed by atoms with Crippen molar-refractivity contribution in [1.29, 1.82) is 0 Å². The normalized spacial score (nSPS) is 15.7. The lowest BCUT2D eigenvalue weighted by molar-refractivity contribution is 0.175. The predicted octanol–water partition coefficient (Wildman–Crippen LogP) is 3.41. The molecule has 0 saturated heterocycles. The van der Waals surface area contributed by atoms with Gasteiger partial charge in [-0.15, -0.1) is 0 Å². The number of aryl methyl sites for hydroxylation is 1. The maximum atomic E-state index is 6.01. The summed E-state index contributed by atoms with van der Waals surface area (Å²) >= 11 is 0. The highest BCUT2D eigenvalue weighted by molar-refractivity contribution is 5.33. The first-order valence-corrected chi connectivity index (χ1v) is 7.05. The van der Waals surface area contributed by atoms with Gasteiger partial charge < -0.3 is 10.1 Å². The molecule has 0 spiro atoms. The van der Waals surface area contributed by atoms with Crippen molar-refractivity contribution >= 4 is 0 Å². The molecule has 100 valence electrons. The average molecular weight is 247 g/mol. The second-order valence-corrected chi connectivity index (χ2v) is 6.07. The molecule has 1 N–H and O–H groups in total. The summed E-state index contributed by atoms with van der Waals surface area (Å²) in [5, 5.41) is 3.58. The first-order chi connectivity index (χ1) is 8.61. The van der Waals surface area contributed by atoms with E-state index in [4.69, 9.17) is 4.74 Å². The van der Waals surface area contributed by atoms with E-state index in [9.17, 15) is 0 Å². The minimum Gasteiger partial charge on any atom is -0.493 e. The highest BCUT2D eigenvalue weighted by Gasteiger charge is 2.25. The molecule has 0 aromatic heterocycles. The largest absolute Gasteiger partial charge is 0.493 e. The van der Waals surface area contributed by atoms with Gasteiger partial charge in [0.05, 0.1) is 6.61 Å². The van der Waals surface area contributed by atoms with Crippen molar-refractivity contribution in [2.75, 3.05) is 13.2 Å². The van der Waals surface area contributed by atoms with E-state index in [0.29, 0.717) is 0 Å². The van der Waals surface area contributed by atoms with Crippen LogP contribution in [0.3, 0.4) is 0 Å². The number of rotatable bonds is 7. The molecule has 2 nitrogen and oxygen atoms in total. The van der Waals surface area contributed by atoms with Gasteiger partial charge >= 0.3 is 0 Å². The fourth-order valence-electron chi connectivity index (χ4n) is 1.97. The van der Waals surface area contributed by atoms with Crippen LogP contribution in [0.1, 0.15) is 39.2 Å². The molecular formula is C16H25NO. The van der Waals surface area contributed by atoms with Crippen molar-refractivity contribution in [2.24, 2.45) is 5.41 Å². The van der Waals surface area contributed by atoms with Crippen molar-refractivity contribution < 1.29 is 4.74 Å². The Labute approximate surface area is 111 Å². The van der Waals surface area contributed by atoms with Gasteiger partial charge in [-0.05, 0) is 30.9 Å². The zero-order valence-corrected chi connectivity index (χ0v) is 11.8. The molecule has 0 aliphatic heterocycles. The Balaban J connectivity index is 1.84. The number of hydrogen-bond donors (Lipinski definition) is 1. The summed E-state index contributed by atoms with van der Waals surface area (Å²) in [5.74, 6) is 1.04. The van der Waals surface area contributed by atoms with Gasteiger partial charge in [0, 0.05) is 18.0 Å². The Hall–Kier alpha value is -1.02. The maximum Gasteiger partial charge on any atom is 0.122 e. The minimum absolute atomic E-state index is 0.184. The first kappa shape index (κ1) is 13.4. The number of ether oxygens (including phenoxy) is 1. The van der Waals surface area contributed by atoms with Crippen LogP contribution in [0, 0.1) is 5.41 Å². The Morgan fingerprint density at radius 3 is 2.67 bits per heavy atom. The molecule has 0 amide bonds. The van der Waals surface area contributed by atoms with E-state index in [1.807, 2.05) is 6.07 Å². The van der Waals surface area contributed by atoms with Gasteiger partial charge in [-0.3, -0.25) is 0 Å². The first-order valence-electron chi connectivity index (χ1n) is 7.05. The average Bonchev–Trinajstić information content (AvgIpc) is 3.19. The SMILES string of the molecule is CCc1ccccc1OCC(C)(C)CNC1CC1. The lowest BCUT2D eigenvalue weighted by atomic mass is 9.94. The molecule has 1 saturated carbocycles. The maximum absolute atomic E-state index is 6.01. The van der Waals surface area contributed by atoms with E-state index in [1.54, 1.807) is 0 Å². The fraction of sp³-hybridized carbons (Fsp3) is 0.625. The molecule has 2 heteroatoms. The zero-order chi connectivity index (χ0) is 13.0. The Morgan fingerprint density at radius 1 is 1.28 bits per heavy atom. The lowest BCUT2D eigenvalue weighted by Gasteiger charge is -2.26. The van der Waals surface area contributed by atoms with Crippen LogP contribution in [0.5, 0.6) is 5.75 Å². The molecule has 1 aliphatic carbocycles. The molecule has 1 fully saturated rings. The third-order valence-corrected chi connectivity index (χ3v) is 3.42. The second kappa shape index (κ2) is 5.75. The molecular weight excluding hydrogens is 222 g/mol. The van der Waals surface area contributed by atoms with Crippen LogP contribution in [0.15, 0.2) is 24.3 Å². The Kier molecular flexibility index (Phi) is 4.28. The van der Waals surface area contributed by atoms with Gasteiger partial charge in [0.2, 0.25) is 0 Å². The van der Waals surface area contributed by atoms with Crippen LogP contribution in [0.2, 0.25) is 0 Å². The molecule has 1 aromatic carbocycles. The highest BCUT2D eigenvalue weighted by Crippen LogP contribution is 2.24. The third kappa shape index (κ3) is 4.02. The Morgan fingerprint density at radius 2 is 2.00 bits per heavy atom. The second-order valence-electron chi connectivity index (χ2n) is 6.07. The minimum atomic E-state index is 0.184. The van der Waals surface area contributed by atoms with Crippen LogP contribution in [-0.4, -0.2) is 19.2 Å². The fourth-order valence-corrected chi connectivity index (χ4v) is 1.97. The third-order valence-electron chi connectivity index (χ3n) is 3.42. The van der Waals surface area contributed by atoms with E-state index in [2.05, 4.69) is 44.3 Å². The molecule has 2 rings (SSSR count). The predicted molar refractivity (Wildman–Crippen MR) is 76.1 cm³/mol. The van der Waals surface area contributed by atoms with Crippen LogP contribution in [-0.2, 0) is 6.42 Å². The van der Waals surface area contributed by atoms with E-state index in [1.165, 1.54) is 18.4 Å². The molecule has 0 unspecified atom stereocenters.